The molecule has 2 aromatic heterocycles. The van der Waals surface area contributed by atoms with Crippen LogP contribution in [-0.2, 0) is 26.4 Å². The molecular formula is C18H23N5O2. The van der Waals surface area contributed by atoms with Gasteiger partial charge in [0.15, 0.2) is 5.69 Å². The normalized spacial score (nSPS) is 17.3. The standard InChI is InChI=1S/C18H23N5O2/c1-12-7-16(19-21(12)2)18(25)22-9-13(10-22)11-23-17(24)8-14-5-3-4-6-15(14)20-23/h7-8,13H,3-6,9-11H2,1-2H3. The van der Waals surface area contributed by atoms with Gasteiger partial charge < -0.3 is 4.90 Å². The van der Waals surface area contributed by atoms with Crippen molar-refractivity contribution in [2.45, 2.75) is 39.2 Å². The summed E-state index contributed by atoms with van der Waals surface area (Å²) in [4.78, 5) is 26.5. The van der Waals surface area contributed by atoms with Crippen LogP contribution < -0.4 is 5.56 Å². The monoisotopic (exact) mass is 341 g/mol. The highest BCUT2D eigenvalue weighted by atomic mass is 16.2. The molecule has 0 radical (unpaired) electrons. The number of amides is 1. The Balaban J connectivity index is 1.40. The van der Waals surface area contributed by atoms with Crippen molar-refractivity contribution in [1.82, 2.24) is 24.5 Å². The Morgan fingerprint density at radius 2 is 1.96 bits per heavy atom. The van der Waals surface area contributed by atoms with Crippen LogP contribution in [0.25, 0.3) is 0 Å². The molecule has 0 saturated carbocycles. The second-order valence-corrected chi connectivity index (χ2v) is 7.21. The van der Waals surface area contributed by atoms with Gasteiger partial charge in [-0.15, -0.1) is 0 Å². The Labute approximate surface area is 146 Å². The summed E-state index contributed by atoms with van der Waals surface area (Å²) in [6, 6.07) is 3.56. The van der Waals surface area contributed by atoms with Gasteiger partial charge in [-0.1, -0.05) is 0 Å². The van der Waals surface area contributed by atoms with Crippen LogP contribution in [0.3, 0.4) is 0 Å². The number of likely N-dealkylation sites (tertiary alicyclic amines) is 1. The number of fused-ring (bicyclic) bond motifs is 1. The quantitative estimate of drug-likeness (QED) is 0.833. The van der Waals surface area contributed by atoms with E-state index in [1.807, 2.05) is 20.0 Å². The van der Waals surface area contributed by atoms with Crippen molar-refractivity contribution in [3.63, 3.8) is 0 Å². The van der Waals surface area contributed by atoms with Gasteiger partial charge in [-0.05, 0) is 44.2 Å². The third-order valence-corrected chi connectivity index (χ3v) is 5.28. The number of carbonyl (C=O) groups is 1. The van der Waals surface area contributed by atoms with E-state index in [9.17, 15) is 9.59 Å². The highest BCUT2D eigenvalue weighted by molar-refractivity contribution is 5.92. The molecule has 1 aliphatic heterocycles. The molecule has 3 heterocycles. The summed E-state index contributed by atoms with van der Waals surface area (Å²) in [6.07, 6.45) is 4.22. The van der Waals surface area contributed by atoms with Crippen LogP contribution in [-0.4, -0.2) is 43.5 Å². The Bertz CT molecular complexity index is 857. The third kappa shape index (κ3) is 2.99. The first kappa shape index (κ1) is 16.1. The van der Waals surface area contributed by atoms with E-state index >= 15 is 0 Å². The Morgan fingerprint density at radius 1 is 1.20 bits per heavy atom. The molecule has 0 spiro atoms. The van der Waals surface area contributed by atoms with Gasteiger partial charge in [-0.3, -0.25) is 14.3 Å². The van der Waals surface area contributed by atoms with Crippen LogP contribution in [0.15, 0.2) is 16.9 Å². The van der Waals surface area contributed by atoms with Crippen LogP contribution in [0, 0.1) is 12.8 Å². The molecule has 7 nitrogen and oxygen atoms in total. The van der Waals surface area contributed by atoms with Crippen LogP contribution in [0.5, 0.6) is 0 Å². The number of aromatic nitrogens is 4. The van der Waals surface area contributed by atoms with Crippen LogP contribution >= 0.6 is 0 Å². The predicted octanol–water partition coefficient (Wildman–Crippen LogP) is 0.936. The maximum Gasteiger partial charge on any atom is 0.274 e. The average Bonchev–Trinajstić information content (AvgIpc) is 2.89. The van der Waals surface area contributed by atoms with Gasteiger partial charge >= 0.3 is 0 Å². The topological polar surface area (TPSA) is 73.0 Å². The molecule has 132 valence electrons. The van der Waals surface area contributed by atoms with E-state index in [2.05, 4.69) is 10.2 Å². The Kier molecular flexibility index (Phi) is 3.94. The number of rotatable bonds is 3. The van der Waals surface area contributed by atoms with E-state index in [1.165, 1.54) is 0 Å². The van der Waals surface area contributed by atoms with Gasteiger partial charge in [-0.2, -0.15) is 10.2 Å². The molecule has 1 saturated heterocycles. The van der Waals surface area contributed by atoms with Gasteiger partial charge in [0.25, 0.3) is 11.5 Å². The molecule has 25 heavy (non-hydrogen) atoms. The van der Waals surface area contributed by atoms with Crippen molar-refractivity contribution in [3.05, 3.63) is 45.1 Å². The van der Waals surface area contributed by atoms with Crippen molar-refractivity contribution in [3.8, 4) is 0 Å². The fourth-order valence-electron chi connectivity index (χ4n) is 3.65. The largest absolute Gasteiger partial charge is 0.336 e. The molecule has 2 aromatic rings. The molecule has 0 atom stereocenters. The van der Waals surface area contributed by atoms with Crippen molar-refractivity contribution >= 4 is 5.91 Å². The van der Waals surface area contributed by atoms with Crippen LogP contribution in [0.2, 0.25) is 0 Å². The van der Waals surface area contributed by atoms with Gasteiger partial charge in [-0.25, -0.2) is 4.68 Å². The SMILES string of the molecule is Cc1cc(C(=O)N2CC(Cn3nc4c(cc3=O)CCCC4)C2)nn1C. The zero-order valence-corrected chi connectivity index (χ0v) is 14.7. The van der Waals surface area contributed by atoms with Crippen molar-refractivity contribution in [2.24, 2.45) is 13.0 Å². The van der Waals surface area contributed by atoms with Crippen LogP contribution in [0.4, 0.5) is 0 Å². The number of carbonyl (C=O) groups excluding carboxylic acids is 1. The summed E-state index contributed by atoms with van der Waals surface area (Å²) < 4.78 is 3.29. The minimum atomic E-state index is -0.0364. The first-order valence-electron chi connectivity index (χ1n) is 8.91. The number of aryl methyl sites for hydroxylation is 4. The van der Waals surface area contributed by atoms with Crippen molar-refractivity contribution in [2.75, 3.05) is 13.1 Å². The van der Waals surface area contributed by atoms with Gasteiger partial charge in [0, 0.05) is 37.8 Å². The second kappa shape index (κ2) is 6.13. The first-order chi connectivity index (χ1) is 12.0. The minimum Gasteiger partial charge on any atom is -0.336 e. The number of nitrogens with zero attached hydrogens (tertiary/aromatic N) is 5. The van der Waals surface area contributed by atoms with Crippen LogP contribution in [0.1, 0.15) is 40.3 Å². The zero-order chi connectivity index (χ0) is 17.6. The maximum atomic E-state index is 12.4. The van der Waals surface area contributed by atoms with E-state index in [-0.39, 0.29) is 17.4 Å². The van der Waals surface area contributed by atoms with Gasteiger partial charge in [0.05, 0.1) is 12.2 Å². The summed E-state index contributed by atoms with van der Waals surface area (Å²) in [5.74, 6) is 0.242. The Morgan fingerprint density at radius 3 is 2.68 bits per heavy atom. The van der Waals surface area contributed by atoms with E-state index in [0.717, 1.165) is 42.6 Å². The van der Waals surface area contributed by atoms with E-state index in [1.54, 1.807) is 20.3 Å². The molecule has 2 aliphatic rings. The van der Waals surface area contributed by atoms with Gasteiger partial charge in [0.1, 0.15) is 0 Å². The van der Waals surface area contributed by atoms with Crippen molar-refractivity contribution in [1.29, 1.82) is 0 Å². The molecule has 4 rings (SSSR count). The summed E-state index contributed by atoms with van der Waals surface area (Å²) in [7, 11) is 1.83. The first-order valence-corrected chi connectivity index (χ1v) is 8.91. The average molecular weight is 341 g/mol. The molecule has 7 heteroatoms. The van der Waals surface area contributed by atoms with E-state index in [4.69, 9.17) is 0 Å². The fraction of sp³-hybridized carbons (Fsp3) is 0.556. The molecule has 1 aliphatic carbocycles. The van der Waals surface area contributed by atoms with Crippen molar-refractivity contribution < 1.29 is 4.79 Å². The van der Waals surface area contributed by atoms with E-state index in [0.29, 0.717) is 25.3 Å². The highest BCUT2D eigenvalue weighted by Gasteiger charge is 2.33. The van der Waals surface area contributed by atoms with Gasteiger partial charge in [0.2, 0.25) is 0 Å². The second-order valence-electron chi connectivity index (χ2n) is 7.21. The summed E-state index contributed by atoms with van der Waals surface area (Å²) >= 11 is 0. The number of hydrogen-bond donors (Lipinski definition) is 0. The molecule has 1 amide bonds. The minimum absolute atomic E-state index is 0.0224. The molecule has 0 N–H and O–H groups in total. The highest BCUT2D eigenvalue weighted by Crippen LogP contribution is 2.21. The summed E-state index contributed by atoms with van der Waals surface area (Å²) in [6.45, 7) is 3.81. The smallest absolute Gasteiger partial charge is 0.274 e. The lowest BCUT2D eigenvalue weighted by molar-refractivity contribution is 0.0451. The summed E-state index contributed by atoms with van der Waals surface area (Å²) in [5, 5.41) is 8.80. The lowest BCUT2D eigenvalue weighted by Gasteiger charge is -2.38. The van der Waals surface area contributed by atoms with E-state index < -0.39 is 0 Å². The molecule has 0 bridgehead atoms. The molecule has 1 fully saturated rings. The maximum absolute atomic E-state index is 12.4. The molecule has 0 aromatic carbocycles. The lowest BCUT2D eigenvalue weighted by atomic mass is 9.96. The Hall–Kier alpha value is -2.44. The summed E-state index contributed by atoms with van der Waals surface area (Å²) in [5.41, 5.74) is 3.61. The number of hydrogen-bond acceptors (Lipinski definition) is 4. The zero-order valence-electron chi connectivity index (χ0n) is 14.7. The lowest BCUT2D eigenvalue weighted by Crippen LogP contribution is -2.52. The predicted molar refractivity (Wildman–Crippen MR) is 92.5 cm³/mol. The fourth-order valence-corrected chi connectivity index (χ4v) is 3.65. The molecule has 0 unspecified atom stereocenters. The third-order valence-electron chi connectivity index (χ3n) is 5.28. The molecular weight excluding hydrogens is 318 g/mol.